The van der Waals surface area contributed by atoms with E-state index in [-0.39, 0.29) is 5.97 Å². The predicted molar refractivity (Wildman–Crippen MR) is 51.5 cm³/mol. The van der Waals surface area contributed by atoms with Crippen molar-refractivity contribution in [2.45, 2.75) is 26.2 Å². The second-order valence-electron chi connectivity index (χ2n) is 3.87. The van der Waals surface area contributed by atoms with Crippen molar-refractivity contribution in [3.05, 3.63) is 0 Å². The molecule has 0 amide bonds. The molecule has 0 aromatic rings. The Kier molecular flexibility index (Phi) is 4.22. The molecule has 1 saturated heterocycles. The molecule has 0 aliphatic carbocycles. The minimum atomic E-state index is -0.0989. The van der Waals surface area contributed by atoms with Crippen LogP contribution in [0.3, 0.4) is 0 Å². The fourth-order valence-electron chi connectivity index (χ4n) is 1.84. The molecule has 0 saturated carbocycles. The SMILES string of the molecule is COC(=O)CCN1CCCC(C)C1. The van der Waals surface area contributed by atoms with Crippen LogP contribution in [0.4, 0.5) is 0 Å². The highest BCUT2D eigenvalue weighted by molar-refractivity contribution is 5.69. The van der Waals surface area contributed by atoms with E-state index in [1.54, 1.807) is 0 Å². The number of nitrogens with zero attached hydrogens (tertiary/aromatic N) is 1. The lowest BCUT2D eigenvalue weighted by Gasteiger charge is -2.30. The van der Waals surface area contributed by atoms with Crippen LogP contribution in [0.5, 0.6) is 0 Å². The van der Waals surface area contributed by atoms with Crippen LogP contribution in [0.25, 0.3) is 0 Å². The lowest BCUT2D eigenvalue weighted by atomic mass is 10.0. The quantitative estimate of drug-likeness (QED) is 0.620. The number of ether oxygens (including phenoxy) is 1. The molecule has 0 bridgehead atoms. The van der Waals surface area contributed by atoms with Gasteiger partial charge in [-0.2, -0.15) is 0 Å². The van der Waals surface area contributed by atoms with Crippen LogP contribution in [0, 0.1) is 5.92 Å². The van der Waals surface area contributed by atoms with Crippen molar-refractivity contribution in [2.75, 3.05) is 26.7 Å². The Morgan fingerprint density at radius 3 is 3.00 bits per heavy atom. The minimum Gasteiger partial charge on any atom is -0.469 e. The maximum atomic E-state index is 10.9. The van der Waals surface area contributed by atoms with Crippen LogP contribution in [-0.4, -0.2) is 37.6 Å². The zero-order chi connectivity index (χ0) is 9.68. The summed E-state index contributed by atoms with van der Waals surface area (Å²) in [6.07, 6.45) is 3.13. The van der Waals surface area contributed by atoms with E-state index in [4.69, 9.17) is 0 Å². The number of carbonyl (C=O) groups is 1. The Labute approximate surface area is 80.1 Å². The molecule has 1 fully saturated rings. The summed E-state index contributed by atoms with van der Waals surface area (Å²) < 4.78 is 4.60. The minimum absolute atomic E-state index is 0.0989. The molecular formula is C10H19NO2. The van der Waals surface area contributed by atoms with E-state index in [1.807, 2.05) is 0 Å². The number of piperidine rings is 1. The van der Waals surface area contributed by atoms with Gasteiger partial charge in [0.25, 0.3) is 0 Å². The summed E-state index contributed by atoms with van der Waals surface area (Å²) in [5, 5.41) is 0. The average molecular weight is 185 g/mol. The first-order valence-electron chi connectivity index (χ1n) is 5.01. The van der Waals surface area contributed by atoms with E-state index < -0.39 is 0 Å². The third-order valence-corrected chi connectivity index (χ3v) is 2.60. The fourth-order valence-corrected chi connectivity index (χ4v) is 1.84. The second-order valence-corrected chi connectivity index (χ2v) is 3.87. The zero-order valence-corrected chi connectivity index (χ0v) is 8.58. The molecular weight excluding hydrogens is 166 g/mol. The fraction of sp³-hybridized carbons (Fsp3) is 0.900. The predicted octanol–water partition coefficient (Wildman–Crippen LogP) is 1.28. The van der Waals surface area contributed by atoms with Crippen molar-refractivity contribution in [1.29, 1.82) is 0 Å². The maximum Gasteiger partial charge on any atom is 0.306 e. The third kappa shape index (κ3) is 3.77. The van der Waals surface area contributed by atoms with Gasteiger partial charge in [0, 0.05) is 13.1 Å². The van der Waals surface area contributed by atoms with Crippen LogP contribution in [0.15, 0.2) is 0 Å². The first-order valence-corrected chi connectivity index (χ1v) is 5.01. The summed E-state index contributed by atoms with van der Waals surface area (Å²) in [4.78, 5) is 13.2. The Hall–Kier alpha value is -0.570. The van der Waals surface area contributed by atoms with Gasteiger partial charge in [-0.3, -0.25) is 4.79 Å². The van der Waals surface area contributed by atoms with E-state index in [0.29, 0.717) is 6.42 Å². The summed E-state index contributed by atoms with van der Waals surface area (Å²) in [5.41, 5.74) is 0. The highest BCUT2D eigenvalue weighted by Crippen LogP contribution is 2.15. The molecule has 1 aliphatic rings. The van der Waals surface area contributed by atoms with Crippen LogP contribution in [-0.2, 0) is 9.53 Å². The average Bonchev–Trinajstić information content (AvgIpc) is 2.14. The van der Waals surface area contributed by atoms with Gasteiger partial charge in [0.2, 0.25) is 0 Å². The number of carbonyl (C=O) groups excluding carboxylic acids is 1. The molecule has 1 aliphatic heterocycles. The van der Waals surface area contributed by atoms with Crippen molar-refractivity contribution in [1.82, 2.24) is 4.90 Å². The number of rotatable bonds is 3. The van der Waals surface area contributed by atoms with E-state index >= 15 is 0 Å². The lowest BCUT2D eigenvalue weighted by molar-refractivity contribution is -0.141. The van der Waals surface area contributed by atoms with Gasteiger partial charge in [-0.1, -0.05) is 6.92 Å². The van der Waals surface area contributed by atoms with Gasteiger partial charge in [-0.15, -0.1) is 0 Å². The standard InChI is InChI=1S/C10H19NO2/c1-9-4-3-6-11(8-9)7-5-10(12)13-2/h9H,3-8H2,1-2H3. The molecule has 3 nitrogen and oxygen atoms in total. The molecule has 1 rings (SSSR count). The number of likely N-dealkylation sites (tertiary alicyclic amines) is 1. The maximum absolute atomic E-state index is 10.9. The first kappa shape index (κ1) is 10.5. The Morgan fingerprint density at radius 2 is 2.38 bits per heavy atom. The number of hydrogen-bond donors (Lipinski definition) is 0. The molecule has 0 spiro atoms. The van der Waals surface area contributed by atoms with Crippen molar-refractivity contribution in [3.63, 3.8) is 0 Å². The number of esters is 1. The molecule has 1 heterocycles. The van der Waals surface area contributed by atoms with Crippen LogP contribution >= 0.6 is 0 Å². The summed E-state index contributed by atoms with van der Waals surface area (Å²) in [6, 6.07) is 0. The van der Waals surface area contributed by atoms with Crippen LogP contribution in [0.2, 0.25) is 0 Å². The van der Waals surface area contributed by atoms with Gasteiger partial charge in [0.1, 0.15) is 0 Å². The molecule has 1 unspecified atom stereocenters. The highest BCUT2D eigenvalue weighted by Gasteiger charge is 2.16. The van der Waals surface area contributed by atoms with E-state index in [2.05, 4.69) is 16.6 Å². The summed E-state index contributed by atoms with van der Waals surface area (Å²) in [6.45, 7) is 5.40. The van der Waals surface area contributed by atoms with Gasteiger partial charge in [-0.25, -0.2) is 0 Å². The molecule has 0 aromatic carbocycles. The van der Waals surface area contributed by atoms with Gasteiger partial charge >= 0.3 is 5.97 Å². The molecule has 76 valence electrons. The highest BCUT2D eigenvalue weighted by atomic mass is 16.5. The Morgan fingerprint density at radius 1 is 1.62 bits per heavy atom. The van der Waals surface area contributed by atoms with E-state index in [9.17, 15) is 4.79 Å². The number of hydrogen-bond acceptors (Lipinski definition) is 3. The smallest absolute Gasteiger partial charge is 0.306 e. The number of methoxy groups -OCH3 is 1. The van der Waals surface area contributed by atoms with Gasteiger partial charge in [-0.05, 0) is 25.3 Å². The normalized spacial score (nSPS) is 24.3. The van der Waals surface area contributed by atoms with E-state index in [0.717, 1.165) is 25.6 Å². The van der Waals surface area contributed by atoms with Gasteiger partial charge in [0.05, 0.1) is 13.5 Å². The third-order valence-electron chi connectivity index (χ3n) is 2.60. The van der Waals surface area contributed by atoms with Crippen molar-refractivity contribution >= 4 is 5.97 Å². The molecule has 0 radical (unpaired) electrons. The summed E-state index contributed by atoms with van der Waals surface area (Å²) in [5.74, 6) is 0.685. The molecule has 0 aromatic heterocycles. The van der Waals surface area contributed by atoms with Gasteiger partial charge < -0.3 is 9.64 Å². The van der Waals surface area contributed by atoms with Crippen LogP contribution < -0.4 is 0 Å². The van der Waals surface area contributed by atoms with Crippen LogP contribution in [0.1, 0.15) is 26.2 Å². The molecule has 0 N–H and O–H groups in total. The molecule has 3 heteroatoms. The van der Waals surface area contributed by atoms with Gasteiger partial charge in [0.15, 0.2) is 0 Å². The lowest BCUT2D eigenvalue weighted by Crippen LogP contribution is -2.35. The zero-order valence-electron chi connectivity index (χ0n) is 8.58. The molecule has 1 atom stereocenters. The molecule has 13 heavy (non-hydrogen) atoms. The summed E-state index contributed by atoms with van der Waals surface area (Å²) >= 11 is 0. The van der Waals surface area contributed by atoms with Crippen molar-refractivity contribution in [3.8, 4) is 0 Å². The monoisotopic (exact) mass is 185 g/mol. The Bertz CT molecular complexity index is 170. The van der Waals surface area contributed by atoms with Crippen molar-refractivity contribution in [2.24, 2.45) is 5.92 Å². The van der Waals surface area contributed by atoms with E-state index in [1.165, 1.54) is 20.0 Å². The Balaban J connectivity index is 2.17. The largest absolute Gasteiger partial charge is 0.469 e. The van der Waals surface area contributed by atoms with Crippen molar-refractivity contribution < 1.29 is 9.53 Å². The second kappa shape index (κ2) is 5.22. The summed E-state index contributed by atoms with van der Waals surface area (Å²) in [7, 11) is 1.45. The first-order chi connectivity index (χ1) is 6.22. The topological polar surface area (TPSA) is 29.5 Å².